The van der Waals surface area contributed by atoms with E-state index >= 15 is 0 Å². The molecule has 0 atom stereocenters. The molecule has 0 aliphatic carbocycles. The number of carbonyl (C=O) groups is 1. The smallest absolute Gasteiger partial charge is 0.295 e. The molecule has 0 bridgehead atoms. The first-order valence-corrected chi connectivity index (χ1v) is 9.72. The molecule has 0 heterocycles. The van der Waals surface area contributed by atoms with E-state index in [4.69, 9.17) is 4.79 Å². The zero-order valence-corrected chi connectivity index (χ0v) is 18.2. The molecular formula is C19H26NaO4S. The number of hydrogen-bond donors (Lipinski definition) is 1. The topological polar surface area (TPSA) is 71.4 Å². The quantitative estimate of drug-likeness (QED) is 0.583. The zero-order chi connectivity index (χ0) is 18.2. The summed E-state index contributed by atoms with van der Waals surface area (Å²) in [6.07, 6.45) is 5.52. The number of aryl methyl sites for hydroxylation is 1. The Morgan fingerprint density at radius 2 is 1.56 bits per heavy atom. The molecule has 0 saturated heterocycles. The summed E-state index contributed by atoms with van der Waals surface area (Å²) in [5.74, 6) is 0. The van der Waals surface area contributed by atoms with Crippen LogP contribution in [0.2, 0.25) is 0 Å². The van der Waals surface area contributed by atoms with E-state index < -0.39 is 10.1 Å². The standard InChI is InChI=1S/C18H24O3S.CH2O.Na/c1-3-5-9-14-13-15-10-7-8-12-17(15)18(22(19,20)21)16(14)11-6-4-2;1-2;/h7-8,10,12-13H,3-6,9,11H2,1-2H3,(H,19,20,21);1H2;. The predicted molar refractivity (Wildman–Crippen MR) is 104 cm³/mol. The monoisotopic (exact) mass is 373 g/mol. The van der Waals surface area contributed by atoms with Crippen molar-refractivity contribution in [3.05, 3.63) is 41.5 Å². The third-order valence-corrected chi connectivity index (χ3v) is 5.02. The summed E-state index contributed by atoms with van der Waals surface area (Å²) in [6.45, 7) is 6.20. The van der Waals surface area contributed by atoms with Crippen LogP contribution in [0.4, 0.5) is 0 Å². The summed E-state index contributed by atoms with van der Waals surface area (Å²) < 4.78 is 33.8. The summed E-state index contributed by atoms with van der Waals surface area (Å²) in [6, 6.07) is 9.48. The van der Waals surface area contributed by atoms with E-state index in [2.05, 4.69) is 19.9 Å². The van der Waals surface area contributed by atoms with Crippen molar-refractivity contribution in [3.63, 3.8) is 0 Å². The van der Waals surface area contributed by atoms with Crippen LogP contribution >= 0.6 is 0 Å². The van der Waals surface area contributed by atoms with Gasteiger partial charge in [0.2, 0.25) is 0 Å². The molecule has 1 N–H and O–H groups in total. The number of carbonyl (C=O) groups excluding carboxylic acids is 1. The zero-order valence-electron chi connectivity index (χ0n) is 15.4. The Morgan fingerprint density at radius 3 is 2.12 bits per heavy atom. The van der Waals surface area contributed by atoms with Crippen molar-refractivity contribution in [1.82, 2.24) is 0 Å². The van der Waals surface area contributed by atoms with Gasteiger partial charge in [-0.15, -0.1) is 0 Å². The molecule has 0 aromatic heterocycles. The summed E-state index contributed by atoms with van der Waals surface area (Å²) in [5, 5.41) is 1.50. The fraction of sp³-hybridized carbons (Fsp3) is 0.421. The number of benzene rings is 2. The van der Waals surface area contributed by atoms with Crippen LogP contribution < -0.4 is 0 Å². The van der Waals surface area contributed by atoms with Gasteiger partial charge in [0, 0.05) is 34.9 Å². The molecule has 2 rings (SSSR count). The van der Waals surface area contributed by atoms with E-state index in [1.54, 1.807) is 6.07 Å². The van der Waals surface area contributed by atoms with Crippen molar-refractivity contribution < 1.29 is 17.8 Å². The van der Waals surface area contributed by atoms with Crippen LogP contribution in [0.3, 0.4) is 0 Å². The van der Waals surface area contributed by atoms with Gasteiger partial charge in [-0.3, -0.25) is 4.55 Å². The van der Waals surface area contributed by atoms with Crippen LogP contribution in [0.15, 0.2) is 35.2 Å². The maximum atomic E-state index is 12.0. The summed E-state index contributed by atoms with van der Waals surface area (Å²) in [5.41, 5.74) is 1.86. The van der Waals surface area contributed by atoms with Crippen LogP contribution in [-0.2, 0) is 27.8 Å². The second-order valence-corrected chi connectivity index (χ2v) is 7.11. The SMILES string of the molecule is C=O.CCCCc1cc2ccccc2c(S(=O)(=O)O)c1CCCC.[Na]. The van der Waals surface area contributed by atoms with E-state index in [1.807, 2.05) is 25.0 Å². The first-order chi connectivity index (χ1) is 11.5. The third-order valence-electron chi connectivity index (χ3n) is 4.03. The Kier molecular flexibility index (Phi) is 11.5. The van der Waals surface area contributed by atoms with Crippen LogP contribution in [-0.4, -0.2) is 49.3 Å². The molecule has 25 heavy (non-hydrogen) atoms. The Morgan fingerprint density at radius 1 is 1.00 bits per heavy atom. The molecule has 0 spiro atoms. The van der Waals surface area contributed by atoms with E-state index in [-0.39, 0.29) is 34.5 Å². The molecule has 0 amide bonds. The van der Waals surface area contributed by atoms with Crippen molar-refractivity contribution in [2.24, 2.45) is 0 Å². The summed E-state index contributed by atoms with van der Waals surface area (Å²) in [7, 11) is -4.24. The van der Waals surface area contributed by atoms with Crippen molar-refractivity contribution in [2.45, 2.75) is 57.3 Å². The second kappa shape index (κ2) is 11.8. The van der Waals surface area contributed by atoms with Crippen molar-refractivity contribution in [1.29, 1.82) is 0 Å². The fourth-order valence-electron chi connectivity index (χ4n) is 2.93. The molecule has 2 aromatic carbocycles. The van der Waals surface area contributed by atoms with Crippen molar-refractivity contribution in [2.75, 3.05) is 0 Å². The largest absolute Gasteiger partial charge is 0.307 e. The second-order valence-electron chi connectivity index (χ2n) is 5.75. The van der Waals surface area contributed by atoms with E-state index in [1.165, 1.54) is 0 Å². The van der Waals surface area contributed by atoms with Gasteiger partial charge in [0.05, 0.1) is 0 Å². The normalized spacial score (nSPS) is 10.7. The minimum atomic E-state index is -4.24. The van der Waals surface area contributed by atoms with E-state index in [0.29, 0.717) is 11.8 Å². The molecule has 2 aromatic rings. The van der Waals surface area contributed by atoms with Gasteiger partial charge in [0.1, 0.15) is 11.7 Å². The van der Waals surface area contributed by atoms with Crippen LogP contribution in [0, 0.1) is 0 Å². The first-order valence-electron chi connectivity index (χ1n) is 8.28. The van der Waals surface area contributed by atoms with E-state index in [0.717, 1.165) is 48.6 Å². The van der Waals surface area contributed by atoms with Gasteiger partial charge in [0.25, 0.3) is 10.1 Å². The Hall–Kier alpha value is -0.720. The van der Waals surface area contributed by atoms with E-state index in [9.17, 15) is 13.0 Å². The Balaban J connectivity index is 0.00000185. The number of rotatable bonds is 7. The molecule has 0 aliphatic heterocycles. The Bertz CT molecular complexity index is 772. The first kappa shape index (κ1) is 24.3. The molecule has 0 unspecified atom stereocenters. The summed E-state index contributed by atoms with van der Waals surface area (Å²) >= 11 is 0. The van der Waals surface area contributed by atoms with Gasteiger partial charge in [-0.25, -0.2) is 0 Å². The summed E-state index contributed by atoms with van der Waals surface area (Å²) in [4.78, 5) is 8.12. The third kappa shape index (κ3) is 6.50. The predicted octanol–water partition coefficient (Wildman–Crippen LogP) is 4.21. The molecule has 4 nitrogen and oxygen atoms in total. The molecule has 1 radical (unpaired) electrons. The number of unbranched alkanes of at least 4 members (excludes halogenated alkanes) is 2. The van der Waals surface area contributed by atoms with Crippen LogP contribution in [0.5, 0.6) is 0 Å². The Labute approximate surface area is 173 Å². The van der Waals surface area contributed by atoms with Gasteiger partial charge in [-0.05, 0) is 42.2 Å². The minimum Gasteiger partial charge on any atom is -0.307 e. The number of hydrogen-bond acceptors (Lipinski definition) is 3. The maximum absolute atomic E-state index is 12.0. The average Bonchev–Trinajstić information content (AvgIpc) is 2.58. The van der Waals surface area contributed by atoms with Crippen LogP contribution in [0.1, 0.15) is 50.7 Å². The maximum Gasteiger partial charge on any atom is 0.295 e. The van der Waals surface area contributed by atoms with Crippen molar-refractivity contribution in [3.8, 4) is 0 Å². The van der Waals surface area contributed by atoms with Gasteiger partial charge in [0.15, 0.2) is 0 Å². The molecular weight excluding hydrogens is 347 g/mol. The molecule has 133 valence electrons. The molecule has 0 saturated carbocycles. The molecule has 0 fully saturated rings. The number of fused-ring (bicyclic) bond motifs is 1. The van der Waals surface area contributed by atoms with Crippen molar-refractivity contribution >= 4 is 57.2 Å². The van der Waals surface area contributed by atoms with Gasteiger partial charge >= 0.3 is 0 Å². The van der Waals surface area contributed by atoms with Gasteiger partial charge in [-0.2, -0.15) is 8.42 Å². The average molecular weight is 373 g/mol. The van der Waals surface area contributed by atoms with Crippen LogP contribution in [0.25, 0.3) is 10.8 Å². The van der Waals surface area contributed by atoms with Gasteiger partial charge < -0.3 is 4.79 Å². The fourth-order valence-corrected chi connectivity index (χ4v) is 3.93. The minimum absolute atomic E-state index is 0. The molecule has 6 heteroatoms. The van der Waals surface area contributed by atoms with Gasteiger partial charge in [-0.1, -0.05) is 57.0 Å². The molecule has 0 aliphatic rings.